The van der Waals surface area contributed by atoms with Crippen molar-refractivity contribution in [2.75, 3.05) is 11.9 Å². The van der Waals surface area contributed by atoms with Gasteiger partial charge in [-0.2, -0.15) is 0 Å². The van der Waals surface area contributed by atoms with Crippen molar-refractivity contribution < 1.29 is 14.4 Å². The van der Waals surface area contributed by atoms with Gasteiger partial charge < -0.3 is 16.0 Å². The van der Waals surface area contributed by atoms with Crippen molar-refractivity contribution in [2.45, 2.75) is 57.9 Å². The maximum absolute atomic E-state index is 12.9. The van der Waals surface area contributed by atoms with Gasteiger partial charge >= 0.3 is 11.8 Å². The Kier molecular flexibility index (Phi) is 6.08. The molecule has 3 amide bonds. The lowest BCUT2D eigenvalue weighted by molar-refractivity contribution is -0.147. The molecule has 2 aliphatic rings. The second-order valence-electron chi connectivity index (χ2n) is 7.89. The third kappa shape index (κ3) is 4.64. The van der Waals surface area contributed by atoms with Crippen LogP contribution in [0.1, 0.15) is 62.2 Å². The Bertz CT molecular complexity index is 715. The smallest absolute Gasteiger partial charge is 0.313 e. The van der Waals surface area contributed by atoms with Crippen LogP contribution in [0.2, 0.25) is 0 Å². The first-order valence-corrected chi connectivity index (χ1v) is 9.82. The fourth-order valence-corrected chi connectivity index (χ4v) is 4.37. The Hall–Kier alpha value is -2.44. The van der Waals surface area contributed by atoms with E-state index in [1.54, 1.807) is 4.90 Å². The van der Waals surface area contributed by atoms with E-state index in [9.17, 15) is 14.4 Å². The average molecular weight is 372 g/mol. The molecule has 0 radical (unpaired) electrons. The maximum atomic E-state index is 12.9. The van der Waals surface area contributed by atoms with Gasteiger partial charge in [-0.3, -0.25) is 19.4 Å². The van der Waals surface area contributed by atoms with Crippen molar-refractivity contribution in [3.8, 4) is 0 Å². The molecule has 2 atom stereocenters. The van der Waals surface area contributed by atoms with Crippen LogP contribution in [0.25, 0.3) is 0 Å². The number of pyridine rings is 1. The molecule has 146 valence electrons. The number of carbonyl (C=O) groups is 3. The summed E-state index contributed by atoms with van der Waals surface area (Å²) < 4.78 is 0. The number of likely N-dealkylation sites (tertiary alicyclic amines) is 1. The molecule has 0 spiro atoms. The molecule has 0 bridgehead atoms. The highest BCUT2D eigenvalue weighted by Crippen LogP contribution is 2.35. The minimum absolute atomic E-state index is 0.148. The van der Waals surface area contributed by atoms with Crippen LogP contribution in [-0.2, 0) is 9.59 Å². The van der Waals surface area contributed by atoms with E-state index in [1.165, 1.54) is 37.7 Å². The molecule has 1 aliphatic carbocycles. The standard InChI is InChI=1S/C20H28N4O3/c1-13-7-8-17(14-5-3-2-4-6-14)24(12-13)20(27)19(26)23-16-9-15(18(21)25)10-22-11-16/h9-11,13-14,17H,2-8,12H2,1H3,(H2,21,25)(H,23,26). The fraction of sp³-hybridized carbons (Fsp3) is 0.600. The summed E-state index contributed by atoms with van der Waals surface area (Å²) in [4.78, 5) is 42.4. The quantitative estimate of drug-likeness (QED) is 0.794. The molecule has 7 heteroatoms. The van der Waals surface area contributed by atoms with E-state index in [2.05, 4.69) is 17.2 Å². The Morgan fingerprint density at radius 2 is 1.85 bits per heavy atom. The number of amides is 3. The number of hydrogen-bond acceptors (Lipinski definition) is 4. The Morgan fingerprint density at radius 3 is 2.56 bits per heavy atom. The van der Waals surface area contributed by atoms with Gasteiger partial charge in [-0.25, -0.2) is 0 Å². The van der Waals surface area contributed by atoms with E-state index in [0.29, 0.717) is 24.1 Å². The van der Waals surface area contributed by atoms with Crippen LogP contribution in [0.15, 0.2) is 18.5 Å². The first-order chi connectivity index (χ1) is 13.0. The highest BCUT2D eigenvalue weighted by atomic mass is 16.2. The van der Waals surface area contributed by atoms with Crippen molar-refractivity contribution in [1.82, 2.24) is 9.88 Å². The maximum Gasteiger partial charge on any atom is 0.313 e. The summed E-state index contributed by atoms with van der Waals surface area (Å²) in [5.41, 5.74) is 5.72. The molecule has 2 heterocycles. The average Bonchev–Trinajstić information content (AvgIpc) is 2.68. The molecule has 7 nitrogen and oxygen atoms in total. The molecular weight excluding hydrogens is 344 g/mol. The Morgan fingerprint density at radius 1 is 1.11 bits per heavy atom. The number of carbonyl (C=O) groups excluding carboxylic acids is 3. The molecular formula is C20H28N4O3. The summed E-state index contributed by atoms with van der Waals surface area (Å²) in [5.74, 6) is -0.939. The zero-order chi connectivity index (χ0) is 19.4. The molecule has 3 N–H and O–H groups in total. The number of rotatable bonds is 3. The Balaban J connectivity index is 1.71. The predicted octanol–water partition coefficient (Wildman–Crippen LogP) is 2.33. The number of anilines is 1. The van der Waals surface area contributed by atoms with Gasteiger partial charge in [-0.15, -0.1) is 0 Å². The molecule has 2 fully saturated rings. The summed E-state index contributed by atoms with van der Waals surface area (Å²) in [6.07, 6.45) is 10.7. The van der Waals surface area contributed by atoms with Crippen LogP contribution < -0.4 is 11.1 Å². The first-order valence-electron chi connectivity index (χ1n) is 9.82. The van der Waals surface area contributed by atoms with Gasteiger partial charge in [0, 0.05) is 18.8 Å². The van der Waals surface area contributed by atoms with Crippen LogP contribution >= 0.6 is 0 Å². The van der Waals surface area contributed by atoms with Gasteiger partial charge in [0.05, 0.1) is 17.4 Å². The fourth-order valence-electron chi connectivity index (χ4n) is 4.37. The highest BCUT2D eigenvalue weighted by molar-refractivity contribution is 6.39. The third-order valence-electron chi connectivity index (χ3n) is 5.79. The van der Waals surface area contributed by atoms with Crippen molar-refractivity contribution in [3.05, 3.63) is 24.0 Å². The van der Waals surface area contributed by atoms with Crippen molar-refractivity contribution in [2.24, 2.45) is 17.6 Å². The predicted molar refractivity (Wildman–Crippen MR) is 102 cm³/mol. The molecule has 0 aromatic carbocycles. The first kappa shape index (κ1) is 19.3. The van der Waals surface area contributed by atoms with Gasteiger partial charge in [0.1, 0.15) is 0 Å². The van der Waals surface area contributed by atoms with Crippen molar-refractivity contribution >= 4 is 23.4 Å². The highest BCUT2D eigenvalue weighted by Gasteiger charge is 2.37. The van der Waals surface area contributed by atoms with E-state index >= 15 is 0 Å². The summed E-state index contributed by atoms with van der Waals surface area (Å²) in [6, 6.07) is 1.58. The lowest BCUT2D eigenvalue weighted by atomic mass is 9.78. The molecule has 3 rings (SSSR count). The number of nitrogens with two attached hydrogens (primary N) is 1. The van der Waals surface area contributed by atoms with Crippen LogP contribution in [-0.4, -0.2) is 40.2 Å². The largest absolute Gasteiger partial charge is 0.366 e. The number of nitrogens with one attached hydrogen (secondary N) is 1. The van der Waals surface area contributed by atoms with Gasteiger partial charge in [0.15, 0.2) is 0 Å². The Labute approximate surface area is 159 Å². The zero-order valence-corrected chi connectivity index (χ0v) is 15.8. The normalized spacial score (nSPS) is 23.7. The SMILES string of the molecule is CC1CCC(C2CCCCC2)N(C(=O)C(=O)Nc2cncc(C(N)=O)c2)C1. The summed E-state index contributed by atoms with van der Waals surface area (Å²) in [7, 11) is 0. The van der Waals surface area contributed by atoms with Gasteiger partial charge in [-0.1, -0.05) is 26.2 Å². The number of nitrogens with zero attached hydrogens (tertiary/aromatic N) is 2. The topological polar surface area (TPSA) is 105 Å². The molecule has 1 aliphatic heterocycles. The monoisotopic (exact) mass is 372 g/mol. The third-order valence-corrected chi connectivity index (χ3v) is 5.79. The number of aromatic nitrogens is 1. The molecule has 1 saturated carbocycles. The number of primary amides is 1. The van der Waals surface area contributed by atoms with Crippen molar-refractivity contribution in [1.29, 1.82) is 0 Å². The van der Waals surface area contributed by atoms with Crippen LogP contribution in [0, 0.1) is 11.8 Å². The summed E-state index contributed by atoms with van der Waals surface area (Å²) in [5, 5.41) is 2.57. The second kappa shape index (κ2) is 8.50. The minimum atomic E-state index is -0.687. The molecule has 2 unspecified atom stereocenters. The van der Waals surface area contributed by atoms with E-state index in [1.807, 2.05) is 0 Å². The lowest BCUT2D eigenvalue weighted by Crippen LogP contribution is -2.53. The summed E-state index contributed by atoms with van der Waals surface area (Å²) in [6.45, 7) is 2.74. The van der Waals surface area contributed by atoms with Gasteiger partial charge in [-0.05, 0) is 43.6 Å². The number of piperidine rings is 1. The van der Waals surface area contributed by atoms with E-state index in [4.69, 9.17) is 5.73 Å². The van der Waals surface area contributed by atoms with E-state index < -0.39 is 17.7 Å². The van der Waals surface area contributed by atoms with Crippen LogP contribution in [0.4, 0.5) is 5.69 Å². The molecule has 1 aromatic rings. The molecule has 1 aromatic heterocycles. The zero-order valence-electron chi connectivity index (χ0n) is 15.8. The van der Waals surface area contributed by atoms with Crippen LogP contribution in [0.5, 0.6) is 0 Å². The van der Waals surface area contributed by atoms with E-state index in [0.717, 1.165) is 25.7 Å². The van der Waals surface area contributed by atoms with E-state index in [-0.39, 0.29) is 11.6 Å². The summed E-state index contributed by atoms with van der Waals surface area (Å²) >= 11 is 0. The lowest BCUT2D eigenvalue weighted by Gasteiger charge is -2.43. The van der Waals surface area contributed by atoms with Gasteiger partial charge in [0.25, 0.3) is 0 Å². The number of hydrogen-bond donors (Lipinski definition) is 2. The minimum Gasteiger partial charge on any atom is -0.366 e. The second-order valence-corrected chi connectivity index (χ2v) is 7.89. The molecule has 27 heavy (non-hydrogen) atoms. The molecule has 1 saturated heterocycles. The van der Waals surface area contributed by atoms with Crippen molar-refractivity contribution in [3.63, 3.8) is 0 Å². The van der Waals surface area contributed by atoms with Crippen LogP contribution in [0.3, 0.4) is 0 Å². The van der Waals surface area contributed by atoms with Gasteiger partial charge in [0.2, 0.25) is 5.91 Å².